The Morgan fingerprint density at radius 2 is 1.56 bits per heavy atom. The smallest absolute Gasteiger partial charge is 0.399 e. The third-order valence-electron chi connectivity index (χ3n) is 4.09. The molecule has 1 aliphatic rings. The molecule has 0 saturated carbocycles. The van der Waals surface area contributed by atoms with Crippen molar-refractivity contribution in [2.75, 3.05) is 0 Å². The van der Waals surface area contributed by atoms with Gasteiger partial charge in [-0.05, 0) is 52.1 Å². The van der Waals surface area contributed by atoms with Crippen LogP contribution < -0.4 is 5.46 Å². The topological polar surface area (TPSA) is 18.5 Å². The van der Waals surface area contributed by atoms with Crippen LogP contribution in [0, 0.1) is 6.92 Å². The lowest BCUT2D eigenvalue weighted by Gasteiger charge is -2.32. The highest BCUT2D eigenvalue weighted by Gasteiger charge is 2.51. The van der Waals surface area contributed by atoms with Crippen molar-refractivity contribution in [2.24, 2.45) is 0 Å². The van der Waals surface area contributed by atoms with Crippen molar-refractivity contribution >= 4 is 12.6 Å². The molecule has 1 aromatic rings. The van der Waals surface area contributed by atoms with Crippen molar-refractivity contribution in [1.29, 1.82) is 0 Å². The number of benzene rings is 1. The van der Waals surface area contributed by atoms with Crippen LogP contribution in [0.1, 0.15) is 45.7 Å². The molecule has 0 amide bonds. The van der Waals surface area contributed by atoms with Gasteiger partial charge in [0.1, 0.15) is 0 Å². The first-order valence-electron chi connectivity index (χ1n) is 6.71. The summed E-state index contributed by atoms with van der Waals surface area (Å²) in [6.07, 6.45) is 1.04. The molecule has 0 aromatic heterocycles. The summed E-state index contributed by atoms with van der Waals surface area (Å²) in [5.74, 6) is 0. The molecule has 1 heterocycles. The van der Waals surface area contributed by atoms with Crippen LogP contribution in [-0.2, 0) is 15.7 Å². The summed E-state index contributed by atoms with van der Waals surface area (Å²) in [5.41, 5.74) is 3.19. The van der Waals surface area contributed by atoms with Crippen LogP contribution in [0.2, 0.25) is 0 Å². The van der Waals surface area contributed by atoms with Gasteiger partial charge in [0.05, 0.1) is 11.2 Å². The highest BCUT2D eigenvalue weighted by atomic mass is 16.7. The minimum absolute atomic E-state index is 0.250. The van der Waals surface area contributed by atoms with Gasteiger partial charge in [-0.2, -0.15) is 0 Å². The first-order chi connectivity index (χ1) is 8.25. The molecule has 1 fully saturated rings. The maximum atomic E-state index is 6.08. The van der Waals surface area contributed by atoms with Gasteiger partial charge in [-0.15, -0.1) is 0 Å². The van der Waals surface area contributed by atoms with Crippen LogP contribution in [0.15, 0.2) is 18.2 Å². The summed E-state index contributed by atoms with van der Waals surface area (Å²) in [5, 5.41) is 0. The molecule has 0 unspecified atom stereocenters. The zero-order valence-electron chi connectivity index (χ0n) is 12.3. The van der Waals surface area contributed by atoms with Gasteiger partial charge in [0.2, 0.25) is 0 Å². The largest absolute Gasteiger partial charge is 0.494 e. The van der Waals surface area contributed by atoms with E-state index in [0.717, 1.165) is 11.9 Å². The molecule has 2 rings (SSSR count). The lowest BCUT2D eigenvalue weighted by Crippen LogP contribution is -2.41. The second-order valence-electron chi connectivity index (χ2n) is 6.19. The second-order valence-corrected chi connectivity index (χ2v) is 6.19. The molecule has 0 aliphatic carbocycles. The Morgan fingerprint density at radius 3 is 2.06 bits per heavy atom. The molecule has 1 aromatic carbocycles. The van der Waals surface area contributed by atoms with Crippen LogP contribution in [0.3, 0.4) is 0 Å². The fourth-order valence-electron chi connectivity index (χ4n) is 2.21. The number of rotatable bonds is 2. The first-order valence-corrected chi connectivity index (χ1v) is 6.71. The maximum Gasteiger partial charge on any atom is 0.494 e. The molecule has 98 valence electrons. The second kappa shape index (κ2) is 4.39. The molecular formula is C15H23BO2. The van der Waals surface area contributed by atoms with E-state index in [1.807, 2.05) is 0 Å². The summed E-state index contributed by atoms with van der Waals surface area (Å²) < 4.78 is 12.2. The van der Waals surface area contributed by atoms with Crippen molar-refractivity contribution in [3.8, 4) is 0 Å². The predicted molar refractivity (Wildman–Crippen MR) is 76.3 cm³/mol. The molecule has 2 nitrogen and oxygen atoms in total. The molecule has 0 bridgehead atoms. The molecule has 0 N–H and O–H groups in total. The van der Waals surface area contributed by atoms with Gasteiger partial charge >= 0.3 is 7.12 Å². The zero-order valence-corrected chi connectivity index (χ0v) is 12.3. The highest BCUT2D eigenvalue weighted by Crippen LogP contribution is 2.36. The monoisotopic (exact) mass is 246 g/mol. The molecule has 3 heteroatoms. The fraction of sp³-hybridized carbons (Fsp3) is 0.600. The lowest BCUT2D eigenvalue weighted by molar-refractivity contribution is 0.00578. The molecule has 1 saturated heterocycles. The van der Waals surface area contributed by atoms with E-state index in [0.29, 0.717) is 0 Å². The third kappa shape index (κ3) is 2.34. The maximum absolute atomic E-state index is 6.08. The standard InChI is InChI=1S/C15H23BO2/c1-7-12-8-11(2)9-13(10-12)16-17-14(3,4)15(5,6)18-16/h8-10H,7H2,1-6H3. The van der Waals surface area contributed by atoms with Crippen molar-refractivity contribution in [2.45, 2.75) is 59.2 Å². The van der Waals surface area contributed by atoms with E-state index >= 15 is 0 Å². The first kappa shape index (κ1) is 13.6. The normalized spacial score (nSPS) is 21.3. The Bertz CT molecular complexity index is 436. The van der Waals surface area contributed by atoms with Crippen molar-refractivity contribution < 1.29 is 9.31 Å². The average Bonchev–Trinajstić information content (AvgIpc) is 2.47. The lowest BCUT2D eigenvalue weighted by atomic mass is 9.77. The predicted octanol–water partition coefficient (Wildman–Crippen LogP) is 2.86. The SMILES string of the molecule is CCc1cc(C)cc(B2OC(C)(C)C(C)(C)O2)c1. The van der Waals surface area contributed by atoms with E-state index in [2.05, 4.69) is 59.7 Å². The van der Waals surface area contributed by atoms with Crippen LogP contribution >= 0.6 is 0 Å². The van der Waals surface area contributed by atoms with E-state index < -0.39 is 0 Å². The molecule has 1 aliphatic heterocycles. The Hall–Kier alpha value is -0.795. The fourth-order valence-corrected chi connectivity index (χ4v) is 2.21. The molecule has 18 heavy (non-hydrogen) atoms. The average molecular weight is 246 g/mol. The number of hydrogen-bond donors (Lipinski definition) is 0. The van der Waals surface area contributed by atoms with Gasteiger partial charge in [-0.25, -0.2) is 0 Å². The van der Waals surface area contributed by atoms with Gasteiger partial charge in [-0.1, -0.05) is 30.7 Å². The van der Waals surface area contributed by atoms with E-state index in [4.69, 9.17) is 9.31 Å². The van der Waals surface area contributed by atoms with Gasteiger partial charge in [0.15, 0.2) is 0 Å². The minimum Gasteiger partial charge on any atom is -0.399 e. The van der Waals surface area contributed by atoms with Crippen molar-refractivity contribution in [3.63, 3.8) is 0 Å². The van der Waals surface area contributed by atoms with Gasteiger partial charge in [0, 0.05) is 0 Å². The van der Waals surface area contributed by atoms with Crippen LogP contribution in [0.4, 0.5) is 0 Å². The van der Waals surface area contributed by atoms with Crippen molar-refractivity contribution in [3.05, 3.63) is 29.3 Å². The van der Waals surface area contributed by atoms with Crippen LogP contribution in [-0.4, -0.2) is 18.3 Å². The van der Waals surface area contributed by atoms with Crippen LogP contribution in [0.25, 0.3) is 0 Å². The summed E-state index contributed by atoms with van der Waals surface area (Å²) in [7, 11) is -0.250. The Morgan fingerprint density at radius 1 is 1.00 bits per heavy atom. The highest BCUT2D eigenvalue weighted by molar-refractivity contribution is 6.62. The molecule has 0 radical (unpaired) electrons. The molecule has 0 atom stereocenters. The molecule has 0 spiro atoms. The Labute approximate surface area is 111 Å². The quantitative estimate of drug-likeness (QED) is 0.747. The molecular weight excluding hydrogens is 223 g/mol. The summed E-state index contributed by atoms with van der Waals surface area (Å²) in [4.78, 5) is 0. The summed E-state index contributed by atoms with van der Waals surface area (Å²) in [6.45, 7) is 12.6. The van der Waals surface area contributed by atoms with Gasteiger partial charge in [0.25, 0.3) is 0 Å². The van der Waals surface area contributed by atoms with E-state index in [1.165, 1.54) is 11.1 Å². The third-order valence-corrected chi connectivity index (χ3v) is 4.09. The Balaban J connectivity index is 2.32. The zero-order chi connectivity index (χ0) is 13.6. The summed E-state index contributed by atoms with van der Waals surface area (Å²) >= 11 is 0. The van der Waals surface area contributed by atoms with Crippen LogP contribution in [0.5, 0.6) is 0 Å². The van der Waals surface area contributed by atoms with E-state index in [1.54, 1.807) is 0 Å². The van der Waals surface area contributed by atoms with Gasteiger partial charge < -0.3 is 9.31 Å². The van der Waals surface area contributed by atoms with Gasteiger partial charge in [-0.3, -0.25) is 0 Å². The van der Waals surface area contributed by atoms with Crippen molar-refractivity contribution in [1.82, 2.24) is 0 Å². The van der Waals surface area contributed by atoms with E-state index in [9.17, 15) is 0 Å². The minimum atomic E-state index is -0.270. The number of hydrogen-bond acceptors (Lipinski definition) is 2. The Kier molecular flexibility index (Phi) is 3.33. The van der Waals surface area contributed by atoms with E-state index in [-0.39, 0.29) is 18.3 Å². The summed E-state index contributed by atoms with van der Waals surface area (Å²) in [6, 6.07) is 6.56. The number of aryl methyl sites for hydroxylation is 2.